The van der Waals surface area contributed by atoms with E-state index in [0.29, 0.717) is 46.4 Å². The Morgan fingerprint density at radius 1 is 0.818 bits per heavy atom. The fourth-order valence-corrected chi connectivity index (χ4v) is 3.67. The highest BCUT2D eigenvalue weighted by Crippen LogP contribution is 2.36. The first-order chi connectivity index (χ1) is 16.1. The van der Waals surface area contributed by atoms with Crippen LogP contribution in [0.25, 0.3) is 5.57 Å². The van der Waals surface area contributed by atoms with Crippen LogP contribution >= 0.6 is 0 Å². The fraction of sp³-hybridized carbons (Fsp3) is 0.154. The highest BCUT2D eigenvalue weighted by atomic mass is 16.5. The Labute approximate surface area is 192 Å². The number of benzene rings is 3. The van der Waals surface area contributed by atoms with Gasteiger partial charge in [-0.1, -0.05) is 30.3 Å². The number of rotatable bonds is 8. The summed E-state index contributed by atoms with van der Waals surface area (Å²) < 4.78 is 16.1. The molecule has 7 nitrogen and oxygen atoms in total. The Bertz CT molecular complexity index is 1200. The van der Waals surface area contributed by atoms with E-state index >= 15 is 0 Å². The highest BCUT2D eigenvalue weighted by molar-refractivity contribution is 6.46. The van der Waals surface area contributed by atoms with Crippen LogP contribution in [0.5, 0.6) is 17.2 Å². The van der Waals surface area contributed by atoms with E-state index in [-0.39, 0.29) is 5.70 Å². The maximum Gasteiger partial charge on any atom is 0.282 e. The second-order valence-corrected chi connectivity index (χ2v) is 7.18. The minimum atomic E-state index is -0.446. The summed E-state index contributed by atoms with van der Waals surface area (Å²) >= 11 is 0. The molecule has 0 atom stereocenters. The lowest BCUT2D eigenvalue weighted by Crippen LogP contribution is -2.32. The van der Waals surface area contributed by atoms with Crippen molar-refractivity contribution in [3.63, 3.8) is 0 Å². The predicted molar refractivity (Wildman–Crippen MR) is 127 cm³/mol. The molecule has 0 aliphatic carbocycles. The maximum atomic E-state index is 13.5. The van der Waals surface area contributed by atoms with Crippen molar-refractivity contribution in [1.82, 2.24) is 0 Å². The predicted octanol–water partition coefficient (Wildman–Crippen LogP) is 4.50. The van der Waals surface area contributed by atoms with Crippen molar-refractivity contribution in [2.75, 3.05) is 31.0 Å². The van der Waals surface area contributed by atoms with Crippen molar-refractivity contribution in [3.05, 3.63) is 84.1 Å². The topological polar surface area (TPSA) is 77.1 Å². The zero-order chi connectivity index (χ0) is 23.4. The summed E-state index contributed by atoms with van der Waals surface area (Å²) in [7, 11) is 3.09. The molecule has 0 aromatic heterocycles. The summed E-state index contributed by atoms with van der Waals surface area (Å²) in [6.07, 6.45) is 0. The number of carbonyl (C=O) groups is 2. The molecular weight excluding hydrogens is 420 g/mol. The van der Waals surface area contributed by atoms with Crippen molar-refractivity contribution >= 4 is 28.8 Å². The van der Waals surface area contributed by atoms with Crippen LogP contribution in [-0.2, 0) is 9.59 Å². The van der Waals surface area contributed by atoms with Crippen molar-refractivity contribution in [2.45, 2.75) is 6.92 Å². The molecule has 0 saturated heterocycles. The van der Waals surface area contributed by atoms with Crippen LogP contribution < -0.4 is 24.4 Å². The van der Waals surface area contributed by atoms with Gasteiger partial charge in [-0.15, -0.1) is 0 Å². The SMILES string of the molecule is CCOc1ccc(N2C(=O)C(Nc3ccc(OC)c(OC)c3)=C(c3ccccc3)C2=O)cc1. The normalized spacial score (nSPS) is 13.4. The van der Waals surface area contributed by atoms with E-state index in [9.17, 15) is 9.59 Å². The molecule has 0 unspecified atom stereocenters. The first-order valence-corrected chi connectivity index (χ1v) is 10.5. The van der Waals surface area contributed by atoms with Gasteiger partial charge in [0.05, 0.1) is 32.1 Å². The molecule has 1 heterocycles. The van der Waals surface area contributed by atoms with Gasteiger partial charge in [0.15, 0.2) is 11.5 Å². The molecule has 7 heteroatoms. The Morgan fingerprint density at radius 3 is 2.15 bits per heavy atom. The zero-order valence-electron chi connectivity index (χ0n) is 18.6. The molecule has 0 bridgehead atoms. The Morgan fingerprint density at radius 2 is 1.52 bits per heavy atom. The summed E-state index contributed by atoms with van der Waals surface area (Å²) in [5.41, 5.74) is 2.18. The van der Waals surface area contributed by atoms with Crippen molar-refractivity contribution in [3.8, 4) is 17.2 Å². The number of methoxy groups -OCH3 is 2. The van der Waals surface area contributed by atoms with Crippen LogP contribution in [0.2, 0.25) is 0 Å². The second kappa shape index (κ2) is 9.48. The lowest BCUT2D eigenvalue weighted by Gasteiger charge is -2.16. The summed E-state index contributed by atoms with van der Waals surface area (Å²) in [5.74, 6) is 0.881. The number of ether oxygens (including phenoxy) is 3. The van der Waals surface area contributed by atoms with E-state index in [1.807, 2.05) is 25.1 Å². The molecule has 1 aliphatic heterocycles. The molecule has 2 amide bonds. The van der Waals surface area contributed by atoms with E-state index in [1.54, 1.807) is 61.7 Å². The van der Waals surface area contributed by atoms with Gasteiger partial charge in [-0.2, -0.15) is 0 Å². The average Bonchev–Trinajstić information content (AvgIpc) is 3.09. The monoisotopic (exact) mass is 444 g/mol. The van der Waals surface area contributed by atoms with E-state index in [0.717, 1.165) is 0 Å². The minimum absolute atomic E-state index is 0.187. The third-order valence-electron chi connectivity index (χ3n) is 5.21. The van der Waals surface area contributed by atoms with E-state index in [1.165, 1.54) is 12.0 Å². The summed E-state index contributed by atoms with van der Waals surface area (Å²) in [6.45, 7) is 2.42. The van der Waals surface area contributed by atoms with Crippen LogP contribution in [0.15, 0.2) is 78.5 Å². The first kappa shape index (κ1) is 22.0. The van der Waals surface area contributed by atoms with Crippen LogP contribution in [0.1, 0.15) is 12.5 Å². The third-order valence-corrected chi connectivity index (χ3v) is 5.21. The van der Waals surface area contributed by atoms with E-state index < -0.39 is 11.8 Å². The standard InChI is InChI=1S/C26H24N2O5/c1-4-33-20-13-11-19(12-14-20)28-25(29)23(17-8-6-5-7-9-17)24(26(28)30)27-18-10-15-21(31-2)22(16-18)32-3/h5-16,27H,4H2,1-3H3. The van der Waals surface area contributed by atoms with Crippen LogP contribution in [0, 0.1) is 0 Å². The van der Waals surface area contributed by atoms with Crippen molar-refractivity contribution in [1.29, 1.82) is 0 Å². The molecule has 3 aromatic carbocycles. The van der Waals surface area contributed by atoms with Crippen LogP contribution in [0.4, 0.5) is 11.4 Å². The van der Waals surface area contributed by atoms with Gasteiger partial charge >= 0.3 is 0 Å². The van der Waals surface area contributed by atoms with Gasteiger partial charge in [-0.3, -0.25) is 9.59 Å². The van der Waals surface area contributed by atoms with Gasteiger partial charge in [0.1, 0.15) is 11.4 Å². The minimum Gasteiger partial charge on any atom is -0.494 e. The van der Waals surface area contributed by atoms with Crippen molar-refractivity contribution < 1.29 is 23.8 Å². The molecule has 3 aromatic rings. The van der Waals surface area contributed by atoms with Crippen molar-refractivity contribution in [2.24, 2.45) is 0 Å². The summed E-state index contributed by atoms with van der Waals surface area (Å²) in [5, 5.41) is 3.13. The number of hydrogen-bond acceptors (Lipinski definition) is 6. The number of carbonyl (C=O) groups excluding carboxylic acids is 2. The molecule has 1 N–H and O–H groups in total. The summed E-state index contributed by atoms with van der Waals surface area (Å²) in [6, 6.07) is 21.2. The van der Waals surface area contributed by atoms with E-state index in [2.05, 4.69) is 5.32 Å². The first-order valence-electron chi connectivity index (χ1n) is 10.5. The quantitative estimate of drug-likeness (QED) is 0.516. The molecule has 33 heavy (non-hydrogen) atoms. The highest BCUT2D eigenvalue weighted by Gasteiger charge is 2.40. The Kier molecular flexibility index (Phi) is 6.31. The fourth-order valence-electron chi connectivity index (χ4n) is 3.67. The Hall–Kier alpha value is -4.26. The zero-order valence-corrected chi connectivity index (χ0v) is 18.6. The molecule has 0 fully saturated rings. The molecule has 168 valence electrons. The number of nitrogens with zero attached hydrogens (tertiary/aromatic N) is 1. The molecule has 1 aliphatic rings. The summed E-state index contributed by atoms with van der Waals surface area (Å²) in [4.78, 5) is 28.1. The maximum absolute atomic E-state index is 13.5. The molecule has 0 radical (unpaired) electrons. The second-order valence-electron chi connectivity index (χ2n) is 7.18. The lowest BCUT2D eigenvalue weighted by atomic mass is 10.0. The number of anilines is 2. The van der Waals surface area contributed by atoms with Gasteiger partial charge in [0.25, 0.3) is 11.8 Å². The number of hydrogen-bond donors (Lipinski definition) is 1. The average molecular weight is 444 g/mol. The molecule has 0 spiro atoms. The van der Waals surface area contributed by atoms with E-state index in [4.69, 9.17) is 14.2 Å². The van der Waals surface area contributed by atoms with Crippen LogP contribution in [-0.4, -0.2) is 32.6 Å². The Balaban J connectivity index is 1.75. The van der Waals surface area contributed by atoms with Crippen LogP contribution in [0.3, 0.4) is 0 Å². The molecule has 4 rings (SSSR count). The lowest BCUT2D eigenvalue weighted by molar-refractivity contribution is -0.120. The van der Waals surface area contributed by atoms with Gasteiger partial charge in [-0.25, -0.2) is 4.90 Å². The number of amides is 2. The van der Waals surface area contributed by atoms with Gasteiger partial charge < -0.3 is 19.5 Å². The smallest absolute Gasteiger partial charge is 0.282 e. The third kappa shape index (κ3) is 4.25. The number of imide groups is 1. The largest absolute Gasteiger partial charge is 0.494 e. The molecule has 0 saturated carbocycles. The number of nitrogens with one attached hydrogen (secondary N) is 1. The van der Waals surface area contributed by atoms with Gasteiger partial charge in [0, 0.05) is 11.8 Å². The molecular formula is C26H24N2O5. The van der Waals surface area contributed by atoms with Gasteiger partial charge in [-0.05, 0) is 48.9 Å². The van der Waals surface area contributed by atoms with Gasteiger partial charge in [0.2, 0.25) is 0 Å².